The summed E-state index contributed by atoms with van der Waals surface area (Å²) in [4.78, 5) is 41.7. The van der Waals surface area contributed by atoms with E-state index in [1.54, 1.807) is 38.7 Å². The molecule has 2 aromatic carbocycles. The van der Waals surface area contributed by atoms with E-state index in [2.05, 4.69) is 24.5 Å². The summed E-state index contributed by atoms with van der Waals surface area (Å²) < 4.78 is 5.35. The van der Waals surface area contributed by atoms with Gasteiger partial charge in [0.05, 0.1) is 10.7 Å². The van der Waals surface area contributed by atoms with E-state index in [9.17, 15) is 14.4 Å². The quantitative estimate of drug-likeness (QED) is 0.304. The molecule has 2 rings (SSSR count). The Bertz CT molecular complexity index is 1080. The number of aryl methyl sites for hydroxylation is 2. The molecule has 0 saturated carbocycles. The average Bonchev–Trinajstić information content (AvgIpc) is 2.84. The third kappa shape index (κ3) is 9.05. The number of hydrogen-bond acceptors (Lipinski definition) is 4. The van der Waals surface area contributed by atoms with Crippen LogP contribution in [0.1, 0.15) is 83.5 Å². The molecule has 0 bridgehead atoms. The van der Waals surface area contributed by atoms with Gasteiger partial charge in [0.15, 0.2) is 0 Å². The summed E-state index contributed by atoms with van der Waals surface area (Å²) in [5.74, 6) is -0.748. The number of nitrogens with one attached hydrogen (secondary N) is 2. The highest BCUT2D eigenvalue weighted by Gasteiger charge is 2.35. The Morgan fingerprint density at radius 3 is 2.24 bits per heavy atom. The van der Waals surface area contributed by atoms with Gasteiger partial charge < -0.3 is 20.3 Å². The Kier molecular flexibility index (Phi) is 11.6. The summed E-state index contributed by atoms with van der Waals surface area (Å²) in [7, 11) is 0. The molecule has 0 fully saturated rings. The molecule has 0 radical (unpaired) electrons. The van der Waals surface area contributed by atoms with Crippen molar-refractivity contribution in [2.75, 3.05) is 11.9 Å². The number of alkyl carbamates (subject to hydrolysis) is 1. The zero-order valence-electron chi connectivity index (χ0n) is 23.7. The number of anilines is 1. The van der Waals surface area contributed by atoms with Gasteiger partial charge in [-0.2, -0.15) is 0 Å². The maximum absolute atomic E-state index is 13.9. The van der Waals surface area contributed by atoms with Gasteiger partial charge in [-0.3, -0.25) is 9.59 Å². The van der Waals surface area contributed by atoms with Crippen LogP contribution in [0.4, 0.5) is 10.5 Å². The fourth-order valence-electron chi connectivity index (χ4n) is 4.08. The van der Waals surface area contributed by atoms with E-state index < -0.39 is 23.8 Å². The number of ether oxygens (including phenoxy) is 1. The van der Waals surface area contributed by atoms with Crippen LogP contribution < -0.4 is 10.6 Å². The molecule has 2 atom stereocenters. The van der Waals surface area contributed by atoms with E-state index in [0.717, 1.165) is 30.4 Å². The van der Waals surface area contributed by atoms with E-state index in [1.807, 2.05) is 43.3 Å². The maximum atomic E-state index is 13.9. The molecule has 7 nitrogen and oxygen atoms in total. The van der Waals surface area contributed by atoms with Crippen molar-refractivity contribution < 1.29 is 19.1 Å². The van der Waals surface area contributed by atoms with Crippen molar-refractivity contribution in [1.82, 2.24) is 10.2 Å². The standard InChI is InChI=1S/C30H42ClN3O4/c1-8-10-11-19-34(28(36)21(4)32-29(37)38-30(5,6)7)26(23-17-15-22(9-2)16-18-23)27(35)33-25-20(3)13-12-14-24(25)31/h12-18,21,26H,8-11,19H2,1-7H3,(H,32,37)(H,33,35). The van der Waals surface area contributed by atoms with Gasteiger partial charge in [-0.25, -0.2) is 4.79 Å². The minimum atomic E-state index is -0.927. The first kappa shape index (κ1) is 31.2. The molecule has 0 aliphatic carbocycles. The van der Waals surface area contributed by atoms with E-state index in [1.165, 1.54) is 0 Å². The summed E-state index contributed by atoms with van der Waals surface area (Å²) in [5.41, 5.74) is 2.42. The molecule has 0 aliphatic heterocycles. The van der Waals surface area contributed by atoms with E-state index in [0.29, 0.717) is 29.2 Å². The normalized spacial score (nSPS) is 12.8. The first-order valence-corrected chi connectivity index (χ1v) is 13.7. The molecule has 0 aromatic heterocycles. The molecule has 208 valence electrons. The Balaban J connectivity index is 2.48. The lowest BCUT2D eigenvalue weighted by Crippen LogP contribution is -2.51. The third-order valence-corrected chi connectivity index (χ3v) is 6.44. The highest BCUT2D eigenvalue weighted by atomic mass is 35.5. The lowest BCUT2D eigenvalue weighted by molar-refractivity contribution is -0.140. The van der Waals surface area contributed by atoms with Crippen LogP contribution in [0, 0.1) is 6.92 Å². The summed E-state index contributed by atoms with van der Waals surface area (Å²) >= 11 is 6.41. The fourth-order valence-corrected chi connectivity index (χ4v) is 4.35. The number of para-hydroxylation sites is 1. The highest BCUT2D eigenvalue weighted by Crippen LogP contribution is 2.30. The second kappa shape index (κ2) is 14.2. The van der Waals surface area contributed by atoms with Crippen LogP contribution >= 0.6 is 11.6 Å². The van der Waals surface area contributed by atoms with Crippen molar-refractivity contribution in [3.8, 4) is 0 Å². The average molecular weight is 544 g/mol. The minimum absolute atomic E-state index is 0.349. The van der Waals surface area contributed by atoms with E-state index in [-0.39, 0.29) is 11.8 Å². The second-order valence-corrected chi connectivity index (χ2v) is 10.9. The first-order chi connectivity index (χ1) is 17.9. The Morgan fingerprint density at radius 1 is 1.03 bits per heavy atom. The van der Waals surface area contributed by atoms with Crippen LogP contribution in [0.3, 0.4) is 0 Å². The monoisotopic (exact) mass is 543 g/mol. The molecule has 38 heavy (non-hydrogen) atoms. The summed E-state index contributed by atoms with van der Waals surface area (Å²) in [6, 6.07) is 11.3. The van der Waals surface area contributed by atoms with E-state index in [4.69, 9.17) is 16.3 Å². The fraction of sp³-hybridized carbons (Fsp3) is 0.500. The zero-order chi connectivity index (χ0) is 28.5. The van der Waals surface area contributed by atoms with E-state index >= 15 is 0 Å². The number of hydrogen-bond donors (Lipinski definition) is 2. The Hall–Kier alpha value is -3.06. The SMILES string of the molecule is CCCCCN(C(=O)C(C)NC(=O)OC(C)(C)C)C(C(=O)Nc1c(C)cccc1Cl)c1ccc(CC)cc1. The molecule has 8 heteroatoms. The number of carbonyl (C=O) groups excluding carboxylic acids is 3. The molecule has 2 N–H and O–H groups in total. The van der Waals surface area contributed by atoms with Gasteiger partial charge in [-0.1, -0.05) is 74.7 Å². The molecule has 2 aromatic rings. The number of nitrogens with zero attached hydrogens (tertiary/aromatic N) is 1. The molecule has 0 saturated heterocycles. The predicted octanol–water partition coefficient (Wildman–Crippen LogP) is 6.82. The van der Waals surface area contributed by atoms with Crippen molar-refractivity contribution in [3.05, 3.63) is 64.2 Å². The highest BCUT2D eigenvalue weighted by molar-refractivity contribution is 6.34. The Labute approximate surface area is 232 Å². The van der Waals surface area contributed by atoms with Gasteiger partial charge in [0, 0.05) is 6.54 Å². The van der Waals surface area contributed by atoms with Gasteiger partial charge >= 0.3 is 6.09 Å². The second-order valence-electron chi connectivity index (χ2n) is 10.5. The Morgan fingerprint density at radius 2 is 1.68 bits per heavy atom. The third-order valence-electron chi connectivity index (χ3n) is 6.12. The number of rotatable bonds is 11. The number of carbonyl (C=O) groups is 3. The zero-order valence-corrected chi connectivity index (χ0v) is 24.4. The molecule has 0 heterocycles. The molecular weight excluding hydrogens is 502 g/mol. The van der Waals surface area contributed by atoms with Crippen LogP contribution in [-0.4, -0.2) is 41.0 Å². The minimum Gasteiger partial charge on any atom is -0.444 e. The number of unbranched alkanes of at least 4 members (excludes halogenated alkanes) is 2. The van der Waals surface area contributed by atoms with Gasteiger partial charge in [-0.15, -0.1) is 0 Å². The topological polar surface area (TPSA) is 87.7 Å². The van der Waals surface area contributed by atoms with Crippen molar-refractivity contribution >= 4 is 35.2 Å². The molecule has 3 amide bonds. The van der Waals surface area contributed by atoms with Crippen LogP contribution in [0.15, 0.2) is 42.5 Å². The molecular formula is C30H42ClN3O4. The summed E-state index contributed by atoms with van der Waals surface area (Å²) in [6.45, 7) is 13.2. The maximum Gasteiger partial charge on any atom is 0.408 e. The predicted molar refractivity (Wildman–Crippen MR) is 153 cm³/mol. The van der Waals surface area contributed by atoms with Gasteiger partial charge in [-0.05, 0) is 70.2 Å². The van der Waals surface area contributed by atoms with Crippen LogP contribution in [0.2, 0.25) is 5.02 Å². The number of halogens is 1. The number of benzene rings is 2. The van der Waals surface area contributed by atoms with Crippen molar-refractivity contribution in [2.45, 2.75) is 91.8 Å². The lowest BCUT2D eigenvalue weighted by atomic mass is 10.00. The molecule has 0 aliphatic rings. The van der Waals surface area contributed by atoms with Crippen molar-refractivity contribution in [1.29, 1.82) is 0 Å². The molecule has 2 unspecified atom stereocenters. The van der Waals surface area contributed by atoms with Crippen LogP contribution in [0.25, 0.3) is 0 Å². The van der Waals surface area contributed by atoms with Crippen LogP contribution in [-0.2, 0) is 20.7 Å². The van der Waals surface area contributed by atoms with Gasteiger partial charge in [0.1, 0.15) is 17.7 Å². The van der Waals surface area contributed by atoms with Crippen LogP contribution in [0.5, 0.6) is 0 Å². The van der Waals surface area contributed by atoms with Gasteiger partial charge in [0.2, 0.25) is 5.91 Å². The summed E-state index contributed by atoms with van der Waals surface area (Å²) in [5, 5.41) is 6.02. The van der Waals surface area contributed by atoms with Crippen molar-refractivity contribution in [2.24, 2.45) is 0 Å². The largest absolute Gasteiger partial charge is 0.444 e. The summed E-state index contributed by atoms with van der Waals surface area (Å²) in [6.07, 6.45) is 2.72. The lowest BCUT2D eigenvalue weighted by Gasteiger charge is -2.34. The first-order valence-electron chi connectivity index (χ1n) is 13.3. The smallest absolute Gasteiger partial charge is 0.408 e. The molecule has 0 spiro atoms. The van der Waals surface area contributed by atoms with Crippen molar-refractivity contribution in [3.63, 3.8) is 0 Å². The van der Waals surface area contributed by atoms with Gasteiger partial charge in [0.25, 0.3) is 5.91 Å². The number of amides is 3.